The first kappa shape index (κ1) is 18.4. The molecule has 0 radical (unpaired) electrons. The van der Waals surface area contributed by atoms with Crippen molar-refractivity contribution in [1.82, 2.24) is 4.90 Å². The van der Waals surface area contributed by atoms with Crippen LogP contribution in [0.4, 0.5) is 0 Å². The summed E-state index contributed by atoms with van der Waals surface area (Å²) in [4.78, 5) is 11.7. The van der Waals surface area contributed by atoms with Gasteiger partial charge >= 0.3 is 0 Å². The molecule has 19 heavy (non-hydrogen) atoms. The minimum atomic E-state index is -0.833. The van der Waals surface area contributed by atoms with Crippen molar-refractivity contribution in [3.8, 4) is 0 Å². The van der Waals surface area contributed by atoms with Crippen LogP contribution in [0.15, 0.2) is 0 Å². The van der Waals surface area contributed by atoms with Crippen LogP contribution >= 0.6 is 0 Å². The first-order valence-corrected chi connectivity index (χ1v) is 8.02. The summed E-state index contributed by atoms with van der Waals surface area (Å²) in [5.41, 5.74) is 0. The van der Waals surface area contributed by atoms with E-state index in [1.165, 1.54) is 71.0 Å². The largest absolute Gasteiger partial charge is 0.481 e. The van der Waals surface area contributed by atoms with Gasteiger partial charge in [0.2, 0.25) is 0 Å². The predicted octanol–water partition coefficient (Wildman–Crippen LogP) is 4.17. The first-order chi connectivity index (χ1) is 9.10. The number of hydrogen-bond acceptors (Lipinski definition) is 2. The molecule has 0 spiro atoms. The summed E-state index contributed by atoms with van der Waals surface area (Å²) < 4.78 is 0. The van der Waals surface area contributed by atoms with Crippen molar-refractivity contribution in [1.29, 1.82) is 0 Å². The van der Waals surface area contributed by atoms with Crippen molar-refractivity contribution in [3.63, 3.8) is 0 Å². The molecule has 0 aromatic carbocycles. The standard InChI is InChI=1S/C14H29N.C2H4O2/c1-3-5-6-7-8-11-15-12-10-14(13-15)9-4-2;1-2(3)4/h14H,3-13H2,1-2H3;1H3,(H,3,4). The Kier molecular flexibility index (Phi) is 12.1. The van der Waals surface area contributed by atoms with Gasteiger partial charge in [0, 0.05) is 13.5 Å². The quantitative estimate of drug-likeness (QED) is 0.674. The van der Waals surface area contributed by atoms with Gasteiger partial charge in [-0.25, -0.2) is 0 Å². The predicted molar refractivity (Wildman–Crippen MR) is 81.5 cm³/mol. The maximum atomic E-state index is 9.00. The monoisotopic (exact) mass is 271 g/mol. The fourth-order valence-electron chi connectivity index (χ4n) is 2.70. The number of likely N-dealkylation sites (tertiary alicyclic amines) is 1. The third kappa shape index (κ3) is 12.2. The summed E-state index contributed by atoms with van der Waals surface area (Å²) in [5.74, 6) is 0.186. The molecule has 0 aromatic heterocycles. The summed E-state index contributed by atoms with van der Waals surface area (Å²) in [7, 11) is 0. The van der Waals surface area contributed by atoms with Gasteiger partial charge in [0.25, 0.3) is 5.97 Å². The molecular weight excluding hydrogens is 238 g/mol. The summed E-state index contributed by atoms with van der Waals surface area (Å²) in [6, 6.07) is 0. The highest BCUT2D eigenvalue weighted by atomic mass is 16.4. The molecule has 0 bridgehead atoms. The van der Waals surface area contributed by atoms with E-state index < -0.39 is 5.97 Å². The molecule has 3 nitrogen and oxygen atoms in total. The molecule has 1 atom stereocenters. The molecule has 1 fully saturated rings. The van der Waals surface area contributed by atoms with Crippen LogP contribution in [0.5, 0.6) is 0 Å². The summed E-state index contributed by atoms with van der Waals surface area (Å²) in [6.45, 7) is 9.81. The van der Waals surface area contributed by atoms with Gasteiger partial charge in [0.15, 0.2) is 0 Å². The Bertz CT molecular complexity index is 215. The highest BCUT2D eigenvalue weighted by Crippen LogP contribution is 2.21. The van der Waals surface area contributed by atoms with E-state index in [2.05, 4.69) is 18.7 Å². The lowest BCUT2D eigenvalue weighted by molar-refractivity contribution is -0.134. The minimum Gasteiger partial charge on any atom is -0.481 e. The molecule has 0 saturated carbocycles. The van der Waals surface area contributed by atoms with Gasteiger partial charge in [-0.05, 0) is 38.3 Å². The van der Waals surface area contributed by atoms with Crippen LogP contribution in [-0.4, -0.2) is 35.6 Å². The topological polar surface area (TPSA) is 40.5 Å². The molecule has 0 aromatic rings. The third-order valence-electron chi connectivity index (χ3n) is 3.64. The summed E-state index contributed by atoms with van der Waals surface area (Å²) in [6.07, 6.45) is 11.4. The Hall–Kier alpha value is -0.570. The zero-order chi connectivity index (χ0) is 14.5. The molecule has 1 N–H and O–H groups in total. The average Bonchev–Trinajstić information content (AvgIpc) is 2.76. The normalized spacial score (nSPS) is 19.0. The number of aliphatic carboxylic acids is 1. The average molecular weight is 271 g/mol. The Balaban J connectivity index is 0.000000711. The van der Waals surface area contributed by atoms with Crippen LogP contribution < -0.4 is 0 Å². The SMILES string of the molecule is CC(=O)O.CCCCCCCN1CCC(CCC)C1. The van der Waals surface area contributed by atoms with Crippen molar-refractivity contribution in [2.75, 3.05) is 19.6 Å². The van der Waals surface area contributed by atoms with Crippen LogP contribution in [0.3, 0.4) is 0 Å². The smallest absolute Gasteiger partial charge is 0.300 e. The lowest BCUT2D eigenvalue weighted by atomic mass is 10.0. The van der Waals surface area contributed by atoms with Crippen molar-refractivity contribution in [3.05, 3.63) is 0 Å². The first-order valence-electron chi connectivity index (χ1n) is 8.02. The molecule has 1 unspecified atom stereocenters. The highest BCUT2D eigenvalue weighted by molar-refractivity contribution is 5.62. The van der Waals surface area contributed by atoms with E-state index in [4.69, 9.17) is 9.90 Å². The zero-order valence-electron chi connectivity index (χ0n) is 13.2. The molecule has 3 heteroatoms. The highest BCUT2D eigenvalue weighted by Gasteiger charge is 2.20. The van der Waals surface area contributed by atoms with Crippen LogP contribution in [0.2, 0.25) is 0 Å². The summed E-state index contributed by atoms with van der Waals surface area (Å²) in [5, 5.41) is 7.42. The number of nitrogens with zero attached hydrogens (tertiary/aromatic N) is 1. The maximum absolute atomic E-state index is 9.00. The molecule has 114 valence electrons. The Morgan fingerprint density at radius 1 is 1.16 bits per heavy atom. The van der Waals surface area contributed by atoms with Crippen LogP contribution in [0, 0.1) is 5.92 Å². The molecule has 0 aliphatic carbocycles. The lowest BCUT2D eigenvalue weighted by Crippen LogP contribution is -2.21. The van der Waals surface area contributed by atoms with Gasteiger partial charge in [-0.1, -0.05) is 46.0 Å². The van der Waals surface area contributed by atoms with Gasteiger partial charge in [-0.2, -0.15) is 0 Å². The molecule has 1 aliphatic heterocycles. The van der Waals surface area contributed by atoms with Crippen molar-refractivity contribution in [2.24, 2.45) is 5.92 Å². The van der Waals surface area contributed by atoms with Crippen molar-refractivity contribution >= 4 is 5.97 Å². The zero-order valence-corrected chi connectivity index (χ0v) is 13.2. The number of rotatable bonds is 8. The van der Waals surface area contributed by atoms with Gasteiger partial charge in [0.1, 0.15) is 0 Å². The molecule has 1 aliphatic rings. The fraction of sp³-hybridized carbons (Fsp3) is 0.938. The molecular formula is C16H33NO2. The van der Waals surface area contributed by atoms with E-state index in [0.29, 0.717) is 0 Å². The van der Waals surface area contributed by atoms with Gasteiger partial charge in [-0.15, -0.1) is 0 Å². The van der Waals surface area contributed by atoms with Gasteiger partial charge < -0.3 is 10.0 Å². The van der Waals surface area contributed by atoms with Crippen molar-refractivity contribution < 1.29 is 9.90 Å². The van der Waals surface area contributed by atoms with E-state index in [1.54, 1.807) is 0 Å². The Labute approximate surface area is 119 Å². The second-order valence-corrected chi connectivity index (χ2v) is 5.68. The fourth-order valence-corrected chi connectivity index (χ4v) is 2.70. The van der Waals surface area contributed by atoms with E-state index in [0.717, 1.165) is 12.8 Å². The van der Waals surface area contributed by atoms with Crippen LogP contribution in [0.25, 0.3) is 0 Å². The number of carbonyl (C=O) groups is 1. The number of unbranched alkanes of at least 4 members (excludes halogenated alkanes) is 4. The number of hydrogen-bond donors (Lipinski definition) is 1. The summed E-state index contributed by atoms with van der Waals surface area (Å²) >= 11 is 0. The number of carboxylic acid groups (broad SMARTS) is 1. The molecule has 1 heterocycles. The minimum absolute atomic E-state index is 0.833. The Morgan fingerprint density at radius 3 is 2.37 bits per heavy atom. The van der Waals surface area contributed by atoms with Gasteiger partial charge in [-0.3, -0.25) is 4.79 Å². The van der Waals surface area contributed by atoms with E-state index >= 15 is 0 Å². The molecule has 1 saturated heterocycles. The molecule has 0 amide bonds. The van der Waals surface area contributed by atoms with E-state index in [1.807, 2.05) is 0 Å². The van der Waals surface area contributed by atoms with E-state index in [9.17, 15) is 0 Å². The van der Waals surface area contributed by atoms with Crippen LogP contribution in [0.1, 0.15) is 72.1 Å². The lowest BCUT2D eigenvalue weighted by Gasteiger charge is -2.15. The second-order valence-electron chi connectivity index (χ2n) is 5.68. The maximum Gasteiger partial charge on any atom is 0.300 e. The van der Waals surface area contributed by atoms with Crippen LogP contribution in [-0.2, 0) is 4.79 Å². The van der Waals surface area contributed by atoms with Crippen molar-refractivity contribution in [2.45, 2.75) is 72.1 Å². The number of carboxylic acids is 1. The Morgan fingerprint density at radius 2 is 1.79 bits per heavy atom. The van der Waals surface area contributed by atoms with E-state index in [-0.39, 0.29) is 0 Å². The van der Waals surface area contributed by atoms with Gasteiger partial charge in [0.05, 0.1) is 0 Å². The molecule has 1 rings (SSSR count). The second kappa shape index (κ2) is 12.5. The third-order valence-corrected chi connectivity index (χ3v) is 3.64.